The molecule has 0 atom stereocenters. The van der Waals surface area contributed by atoms with Gasteiger partial charge in [0.25, 0.3) is 0 Å². The monoisotopic (exact) mass is 751 g/mol. The molecule has 5 aromatic rings. The minimum atomic E-state index is -0.0170. The molecular formula is C43H43Cl2N3O5. The number of nitrogens with zero attached hydrogens (tertiary/aromatic N) is 3. The summed E-state index contributed by atoms with van der Waals surface area (Å²) in [6, 6.07) is 31.2. The van der Waals surface area contributed by atoms with Crippen molar-refractivity contribution in [3.63, 3.8) is 0 Å². The number of amides is 1. The molecule has 53 heavy (non-hydrogen) atoms. The van der Waals surface area contributed by atoms with Crippen LogP contribution in [0, 0.1) is 6.92 Å². The van der Waals surface area contributed by atoms with Crippen molar-refractivity contribution in [2.75, 3.05) is 39.4 Å². The Morgan fingerprint density at radius 2 is 1.49 bits per heavy atom. The van der Waals surface area contributed by atoms with Crippen LogP contribution in [0.15, 0.2) is 109 Å². The van der Waals surface area contributed by atoms with Crippen molar-refractivity contribution in [3.05, 3.63) is 147 Å². The van der Waals surface area contributed by atoms with Gasteiger partial charge < -0.3 is 23.8 Å². The number of hydrogen-bond acceptors (Lipinski definition) is 7. The minimum absolute atomic E-state index is 0.0170. The third-order valence-corrected chi connectivity index (χ3v) is 9.49. The van der Waals surface area contributed by atoms with E-state index in [2.05, 4.69) is 34.1 Å². The molecule has 1 aliphatic rings. The zero-order valence-electron chi connectivity index (χ0n) is 30.0. The normalized spacial score (nSPS) is 13.2. The van der Waals surface area contributed by atoms with E-state index in [4.69, 9.17) is 42.1 Å². The van der Waals surface area contributed by atoms with E-state index in [9.17, 15) is 4.79 Å². The number of aryl methyl sites for hydroxylation is 1. The van der Waals surface area contributed by atoms with Gasteiger partial charge in [-0.3, -0.25) is 9.69 Å². The average Bonchev–Trinajstić information content (AvgIpc) is 3.17. The number of pyridine rings is 1. The number of carbonyl (C=O) groups excluding carboxylic acids is 1. The molecule has 1 aromatic heterocycles. The van der Waals surface area contributed by atoms with E-state index in [1.165, 1.54) is 11.1 Å². The van der Waals surface area contributed by atoms with Crippen molar-refractivity contribution < 1.29 is 23.7 Å². The second-order valence-electron chi connectivity index (χ2n) is 12.7. The Kier molecular flexibility index (Phi) is 13.3. The minimum Gasteiger partial charge on any atom is -0.494 e. The van der Waals surface area contributed by atoms with Crippen molar-refractivity contribution in [1.82, 2.24) is 14.8 Å². The Morgan fingerprint density at radius 1 is 0.792 bits per heavy atom. The van der Waals surface area contributed by atoms with E-state index in [1.54, 1.807) is 36.5 Å². The summed E-state index contributed by atoms with van der Waals surface area (Å²) in [7, 11) is 0. The predicted octanol–water partition coefficient (Wildman–Crippen LogP) is 9.45. The van der Waals surface area contributed by atoms with Crippen LogP contribution in [-0.4, -0.2) is 60.1 Å². The molecule has 0 saturated carbocycles. The highest BCUT2D eigenvalue weighted by molar-refractivity contribution is 6.32. The first-order valence-electron chi connectivity index (χ1n) is 17.8. The molecule has 0 N–H and O–H groups in total. The lowest BCUT2D eigenvalue weighted by Gasteiger charge is -2.34. The van der Waals surface area contributed by atoms with Gasteiger partial charge in [-0.2, -0.15) is 0 Å². The number of hydrogen-bond donors (Lipinski definition) is 0. The third-order valence-electron chi connectivity index (χ3n) is 8.85. The molecule has 0 unspecified atom stereocenters. The molecule has 10 heteroatoms. The van der Waals surface area contributed by atoms with Crippen molar-refractivity contribution in [2.24, 2.45) is 0 Å². The van der Waals surface area contributed by atoms with Crippen LogP contribution in [0.3, 0.4) is 0 Å². The van der Waals surface area contributed by atoms with Crippen LogP contribution < -0.4 is 18.9 Å². The van der Waals surface area contributed by atoms with Crippen LogP contribution in [0.2, 0.25) is 10.0 Å². The fourth-order valence-corrected chi connectivity index (χ4v) is 6.43. The first-order valence-corrected chi connectivity index (χ1v) is 18.5. The summed E-state index contributed by atoms with van der Waals surface area (Å²) < 4.78 is 23.2. The summed E-state index contributed by atoms with van der Waals surface area (Å²) in [5.41, 5.74) is 5.02. The van der Waals surface area contributed by atoms with Crippen LogP contribution in [0.5, 0.6) is 28.9 Å². The fraction of sp³-hybridized carbons (Fsp3) is 0.256. The Morgan fingerprint density at radius 3 is 2.17 bits per heavy atom. The summed E-state index contributed by atoms with van der Waals surface area (Å²) >= 11 is 12.8. The third kappa shape index (κ3) is 11.0. The smallest absolute Gasteiger partial charge is 0.246 e. The van der Waals surface area contributed by atoms with E-state index in [-0.39, 0.29) is 5.91 Å². The Bertz CT molecular complexity index is 1950. The second-order valence-corrected chi connectivity index (χ2v) is 13.5. The van der Waals surface area contributed by atoms with Crippen molar-refractivity contribution in [3.8, 4) is 28.9 Å². The molecule has 6 rings (SSSR count). The van der Waals surface area contributed by atoms with Gasteiger partial charge in [-0.15, -0.1) is 0 Å². The largest absolute Gasteiger partial charge is 0.494 e. The van der Waals surface area contributed by atoms with Gasteiger partial charge in [0.1, 0.15) is 23.9 Å². The molecule has 1 saturated heterocycles. The molecule has 2 heterocycles. The van der Waals surface area contributed by atoms with E-state index < -0.39 is 0 Å². The van der Waals surface area contributed by atoms with Gasteiger partial charge in [-0.1, -0.05) is 65.7 Å². The van der Waals surface area contributed by atoms with Gasteiger partial charge in [0.15, 0.2) is 5.75 Å². The Labute approximate surface area is 321 Å². The van der Waals surface area contributed by atoms with Gasteiger partial charge in [0.2, 0.25) is 11.8 Å². The van der Waals surface area contributed by atoms with Crippen molar-refractivity contribution >= 4 is 35.2 Å². The number of aromatic nitrogens is 1. The first-order chi connectivity index (χ1) is 25.8. The van der Waals surface area contributed by atoms with Crippen molar-refractivity contribution in [1.29, 1.82) is 0 Å². The lowest BCUT2D eigenvalue weighted by molar-refractivity contribution is -0.127. The van der Waals surface area contributed by atoms with E-state index in [0.29, 0.717) is 60.3 Å². The van der Waals surface area contributed by atoms with Crippen LogP contribution in [-0.2, 0) is 24.4 Å². The summed E-state index contributed by atoms with van der Waals surface area (Å²) in [5, 5.41) is 1.08. The molecule has 1 amide bonds. The van der Waals surface area contributed by atoms with Crippen molar-refractivity contribution in [2.45, 2.75) is 33.4 Å². The number of benzene rings is 4. The quantitative estimate of drug-likeness (QED) is 0.0988. The highest BCUT2D eigenvalue weighted by atomic mass is 35.5. The van der Waals surface area contributed by atoms with Gasteiger partial charge in [0, 0.05) is 61.9 Å². The summed E-state index contributed by atoms with van der Waals surface area (Å²) in [6.45, 7) is 9.31. The SMILES string of the molecule is CCOc1ccc(OCCc2ccc(CN3CCN(C(=O)/C=C/c4cc(C)c(Oc5ccc(OCc6ccccc6Cl)cn5)c(Cl)c4)CC3)cc2)cc1. The first kappa shape index (κ1) is 37.7. The molecule has 274 valence electrons. The highest BCUT2D eigenvalue weighted by Gasteiger charge is 2.20. The summed E-state index contributed by atoms with van der Waals surface area (Å²) in [5.74, 6) is 3.16. The van der Waals surface area contributed by atoms with Crippen LogP contribution in [0.1, 0.15) is 34.7 Å². The Hall–Kier alpha value is -5.02. The molecule has 0 bridgehead atoms. The molecule has 8 nitrogen and oxygen atoms in total. The lowest BCUT2D eigenvalue weighted by Crippen LogP contribution is -2.47. The van der Waals surface area contributed by atoms with Crippen LogP contribution in [0.25, 0.3) is 6.08 Å². The molecule has 0 aliphatic carbocycles. The molecule has 0 radical (unpaired) electrons. The molecule has 4 aromatic carbocycles. The summed E-state index contributed by atoms with van der Waals surface area (Å²) in [4.78, 5) is 21.7. The zero-order chi connectivity index (χ0) is 37.0. The van der Waals surface area contributed by atoms with E-state index in [0.717, 1.165) is 54.2 Å². The maximum atomic E-state index is 13.1. The number of halogens is 2. The summed E-state index contributed by atoms with van der Waals surface area (Å²) in [6.07, 6.45) is 5.84. The van der Waals surface area contributed by atoms with Gasteiger partial charge in [0.05, 0.1) is 24.4 Å². The molecular weight excluding hydrogens is 709 g/mol. The topological polar surface area (TPSA) is 73.4 Å². The Balaban J connectivity index is 0.923. The fourth-order valence-electron chi connectivity index (χ4n) is 5.93. The highest BCUT2D eigenvalue weighted by Crippen LogP contribution is 2.34. The molecule has 1 fully saturated rings. The standard InChI is InChI=1S/C43H43Cl2N3O5/c1-3-50-36-13-15-37(16-14-36)51-25-20-32-8-10-33(11-9-32)29-47-21-23-48(24-22-47)42(49)19-12-34-26-31(2)43(40(45)27-34)53-41-18-17-38(28-46-41)52-30-35-6-4-5-7-39(35)44/h4-19,26-28H,3,20-25,29-30H2,1-2H3/b19-12+. The van der Waals surface area contributed by atoms with Gasteiger partial charge in [-0.25, -0.2) is 4.98 Å². The lowest BCUT2D eigenvalue weighted by atomic mass is 10.1. The molecule has 0 spiro atoms. The average molecular weight is 753 g/mol. The van der Waals surface area contributed by atoms with Gasteiger partial charge >= 0.3 is 0 Å². The maximum absolute atomic E-state index is 13.1. The van der Waals surface area contributed by atoms with E-state index in [1.807, 2.05) is 73.3 Å². The zero-order valence-corrected chi connectivity index (χ0v) is 31.5. The molecule has 1 aliphatic heterocycles. The maximum Gasteiger partial charge on any atom is 0.246 e. The van der Waals surface area contributed by atoms with Crippen LogP contribution in [0.4, 0.5) is 0 Å². The van der Waals surface area contributed by atoms with Crippen LogP contribution >= 0.6 is 23.2 Å². The number of piperazine rings is 1. The predicted molar refractivity (Wildman–Crippen MR) is 210 cm³/mol. The number of rotatable bonds is 15. The number of carbonyl (C=O) groups is 1. The van der Waals surface area contributed by atoms with Gasteiger partial charge in [-0.05, 0) is 90.7 Å². The number of ether oxygens (including phenoxy) is 4. The van der Waals surface area contributed by atoms with E-state index >= 15 is 0 Å². The second kappa shape index (κ2) is 18.6.